The zero-order valence-corrected chi connectivity index (χ0v) is 41.9. The number of hydrogen-bond acceptors (Lipinski definition) is 9. The molecule has 0 unspecified atom stereocenters. The molecule has 0 bridgehead atoms. The summed E-state index contributed by atoms with van der Waals surface area (Å²) in [6, 6.07) is 28.6. The minimum atomic E-state index is -0.280. The molecule has 6 heterocycles. The predicted molar refractivity (Wildman–Crippen MR) is 279 cm³/mol. The van der Waals surface area contributed by atoms with Crippen LogP contribution in [0, 0.1) is 35.8 Å². The quantitative estimate of drug-likeness (QED) is 0.158. The van der Waals surface area contributed by atoms with E-state index in [4.69, 9.17) is 11.4 Å². The van der Waals surface area contributed by atoms with Crippen molar-refractivity contribution in [2.75, 3.05) is 53.4 Å². The van der Waals surface area contributed by atoms with Crippen LogP contribution in [0.4, 0.5) is 8.78 Å². The molecule has 0 saturated heterocycles. The number of nitrogens with zero attached hydrogens (tertiary/aromatic N) is 8. The maximum Gasteiger partial charge on any atom is 0.261 e. The van der Waals surface area contributed by atoms with Crippen molar-refractivity contribution < 1.29 is 8.78 Å². The van der Waals surface area contributed by atoms with E-state index in [1.54, 1.807) is 39.5 Å². The second-order valence-electron chi connectivity index (χ2n) is 17.0. The number of rotatable bonds is 0. The molecule has 1 N–H and O–H groups in total. The highest BCUT2D eigenvalue weighted by atomic mass is 79.9. The van der Waals surface area contributed by atoms with Gasteiger partial charge in [0.25, 0.3) is 16.7 Å². The van der Waals surface area contributed by atoms with Gasteiger partial charge < -0.3 is 15.1 Å². The molecule has 0 spiro atoms. The van der Waals surface area contributed by atoms with E-state index in [9.17, 15) is 23.2 Å². The summed E-state index contributed by atoms with van der Waals surface area (Å²) in [5.41, 5.74) is 4.63. The van der Waals surface area contributed by atoms with Gasteiger partial charge in [0.1, 0.15) is 29.1 Å². The minimum absolute atomic E-state index is 0.0124. The smallest absolute Gasteiger partial charge is 0.261 e. The maximum absolute atomic E-state index is 13.0. The van der Waals surface area contributed by atoms with Crippen LogP contribution in [0.25, 0.3) is 32.7 Å². The van der Waals surface area contributed by atoms with Crippen molar-refractivity contribution >= 4 is 64.6 Å². The van der Waals surface area contributed by atoms with Gasteiger partial charge in [-0.2, -0.15) is 0 Å². The Labute approximate surface area is 420 Å². The molecular weight excluding hydrogens is 1020 g/mol. The largest absolute Gasteiger partial charge is 0.315 e. The minimum Gasteiger partial charge on any atom is -0.315 e. The third-order valence-electron chi connectivity index (χ3n) is 12.1. The first kappa shape index (κ1) is 49.8. The number of terminal acetylenes is 1. The first-order chi connectivity index (χ1) is 33.8. The summed E-state index contributed by atoms with van der Waals surface area (Å²) in [5.74, 6) is 10.5. The van der Waals surface area contributed by atoms with Crippen LogP contribution in [-0.4, -0.2) is 91.8 Å². The predicted octanol–water partition coefficient (Wildman–Crippen LogP) is 7.18. The Bertz CT molecular complexity index is 3510. The molecule has 16 heteroatoms. The zero-order valence-electron chi connectivity index (χ0n) is 38.7. The van der Waals surface area contributed by atoms with Crippen LogP contribution in [0.5, 0.6) is 0 Å². The van der Waals surface area contributed by atoms with Crippen LogP contribution < -0.4 is 22.0 Å². The number of likely N-dealkylation sites (N-methyl/N-ethyl adjacent to an activating group) is 2. The number of fused-ring (bicyclic) bond motifs is 6. The fourth-order valence-electron chi connectivity index (χ4n) is 8.18. The molecule has 3 aliphatic rings. The standard InChI is InChI=1S/C21H18FN3O.C13H14BrN3O.C12H12BrN3O.C8H5F/c1-24-11-10-20-23-19-14-16(3-2-15-4-7-17(22)8-5-15)6-9-18(19)21(26)25(20)13-12-24;1-16-5-4-12-15-11-8-9(14)2-3-10(11)13(18)17(12)7-6-16;13-8-1-2-9-10(7-8)15-11-3-4-14-5-6-16(11)12(9)17;1-2-7-3-5-8(9)6-4-7/h4-9,14H,10-13H2,1H3;2-3,8H,4-7H2,1H3;1-2,7,14H,3-6H2;1,3-6H. The van der Waals surface area contributed by atoms with Gasteiger partial charge in [0, 0.05) is 104 Å². The van der Waals surface area contributed by atoms with E-state index in [2.05, 4.69) is 88.8 Å². The van der Waals surface area contributed by atoms with Crippen molar-refractivity contribution in [3.63, 3.8) is 0 Å². The van der Waals surface area contributed by atoms with Crippen LogP contribution in [-0.2, 0) is 38.9 Å². The Balaban J connectivity index is 0.000000133. The summed E-state index contributed by atoms with van der Waals surface area (Å²) in [7, 11) is 4.13. The van der Waals surface area contributed by atoms with E-state index in [1.165, 1.54) is 24.3 Å². The van der Waals surface area contributed by atoms with E-state index in [1.807, 2.05) is 53.1 Å². The number of nitrogens with one attached hydrogen (secondary N) is 1. The lowest BCUT2D eigenvalue weighted by Crippen LogP contribution is -2.27. The molecular formula is C54H49Br2F2N9O3. The van der Waals surface area contributed by atoms with E-state index in [0.29, 0.717) is 40.3 Å². The van der Waals surface area contributed by atoms with E-state index in [-0.39, 0.29) is 28.3 Å². The van der Waals surface area contributed by atoms with Gasteiger partial charge in [-0.1, -0.05) is 49.6 Å². The zero-order chi connectivity index (χ0) is 49.3. The lowest BCUT2D eigenvalue weighted by atomic mass is 10.1. The van der Waals surface area contributed by atoms with Crippen LogP contribution >= 0.6 is 31.9 Å². The Morgan fingerprint density at radius 2 is 0.914 bits per heavy atom. The summed E-state index contributed by atoms with van der Waals surface area (Å²) in [6.45, 7) is 7.39. The fourth-order valence-corrected chi connectivity index (χ4v) is 8.87. The highest BCUT2D eigenvalue weighted by Gasteiger charge is 2.18. The van der Waals surface area contributed by atoms with E-state index in [0.717, 1.165) is 114 Å². The van der Waals surface area contributed by atoms with Crippen molar-refractivity contribution in [3.05, 3.63) is 189 Å². The van der Waals surface area contributed by atoms with Gasteiger partial charge in [0.05, 0.1) is 32.7 Å². The summed E-state index contributed by atoms with van der Waals surface area (Å²) < 4.78 is 32.4. The normalized spacial score (nSPS) is 14.5. The summed E-state index contributed by atoms with van der Waals surface area (Å²) in [6.07, 6.45) is 7.42. The van der Waals surface area contributed by atoms with Crippen LogP contribution in [0.15, 0.2) is 126 Å². The number of aromatic nitrogens is 6. The SMILES string of the molecule is C#Cc1ccc(F)cc1.CN1CCc2nc3cc(Br)ccc3c(=O)n2CC1.CN1CCc2nc3cc(C#Cc4ccc(F)cc4)ccc3c(=O)n2CC1.O=c1c2ccc(Br)cc2nc2n1CCNCC2. The third-order valence-corrected chi connectivity index (χ3v) is 13.1. The highest BCUT2D eigenvalue weighted by molar-refractivity contribution is 9.10. The number of hydrogen-bond donors (Lipinski definition) is 1. The summed E-state index contributed by atoms with van der Waals surface area (Å²) in [4.78, 5) is 55.9. The van der Waals surface area contributed by atoms with Gasteiger partial charge in [-0.05, 0) is 117 Å². The Morgan fingerprint density at radius 3 is 1.41 bits per heavy atom. The Kier molecular flexibility index (Phi) is 16.2. The monoisotopic (exact) mass is 1070 g/mol. The molecule has 11 rings (SSSR count). The van der Waals surface area contributed by atoms with Crippen molar-refractivity contribution in [1.82, 2.24) is 43.8 Å². The van der Waals surface area contributed by atoms with Crippen molar-refractivity contribution in [1.29, 1.82) is 0 Å². The van der Waals surface area contributed by atoms with E-state index >= 15 is 0 Å². The molecule has 0 aliphatic carbocycles. The van der Waals surface area contributed by atoms with Crippen molar-refractivity contribution in [3.8, 4) is 24.2 Å². The fraction of sp³-hybridized carbons (Fsp3) is 0.259. The second-order valence-corrected chi connectivity index (χ2v) is 18.9. The van der Waals surface area contributed by atoms with Gasteiger partial charge >= 0.3 is 0 Å². The summed E-state index contributed by atoms with van der Waals surface area (Å²) in [5, 5.41) is 5.29. The van der Waals surface area contributed by atoms with Crippen molar-refractivity contribution in [2.45, 2.75) is 38.9 Å². The third kappa shape index (κ3) is 12.2. The number of benzene rings is 5. The average Bonchev–Trinajstić information content (AvgIpc) is 3.80. The number of halogens is 4. The molecule has 8 aromatic rings. The van der Waals surface area contributed by atoms with Crippen LogP contribution in [0.2, 0.25) is 0 Å². The molecule has 0 amide bonds. The molecule has 0 atom stereocenters. The molecule has 0 fully saturated rings. The van der Waals surface area contributed by atoms with E-state index < -0.39 is 0 Å². The van der Waals surface area contributed by atoms with Gasteiger partial charge in [-0.15, -0.1) is 6.42 Å². The molecule has 3 aliphatic heterocycles. The lowest BCUT2D eigenvalue weighted by molar-refractivity contribution is 0.341. The van der Waals surface area contributed by atoms with Gasteiger partial charge in [0.15, 0.2) is 0 Å². The molecule has 5 aromatic carbocycles. The first-order valence-electron chi connectivity index (χ1n) is 22.8. The topological polar surface area (TPSA) is 123 Å². The van der Waals surface area contributed by atoms with Crippen LogP contribution in [0.3, 0.4) is 0 Å². The van der Waals surface area contributed by atoms with Gasteiger partial charge in [0.2, 0.25) is 0 Å². The molecule has 70 heavy (non-hydrogen) atoms. The Hall–Kier alpha value is -6.66. The van der Waals surface area contributed by atoms with Crippen LogP contribution in [0.1, 0.15) is 34.2 Å². The molecule has 3 aromatic heterocycles. The van der Waals surface area contributed by atoms with Gasteiger partial charge in [-0.25, -0.2) is 23.7 Å². The highest BCUT2D eigenvalue weighted by Crippen LogP contribution is 2.19. The summed E-state index contributed by atoms with van der Waals surface area (Å²) >= 11 is 6.83. The Morgan fingerprint density at radius 1 is 0.500 bits per heavy atom. The molecule has 356 valence electrons. The second kappa shape index (κ2) is 22.8. The van der Waals surface area contributed by atoms with Crippen molar-refractivity contribution in [2.24, 2.45) is 0 Å². The van der Waals surface area contributed by atoms with Gasteiger partial charge in [-0.3, -0.25) is 28.1 Å². The average molecular weight is 1070 g/mol. The lowest BCUT2D eigenvalue weighted by Gasteiger charge is -2.11. The maximum atomic E-state index is 13.0. The molecule has 0 saturated carbocycles. The first-order valence-corrected chi connectivity index (χ1v) is 24.4. The molecule has 0 radical (unpaired) electrons. The molecule has 12 nitrogen and oxygen atoms in total.